The van der Waals surface area contributed by atoms with Crippen LogP contribution in [0.5, 0.6) is 17.2 Å². The molecule has 0 radical (unpaired) electrons. The third kappa shape index (κ3) is 20.6. The SMILES string of the molecule is CCCCN(CCCC)[C@H](C)[C@@H](O)c1ccccc1.[C-]#[O+].[C-]#[O+].[CH3-].[Cr].[Zn].c1ccc(OP(Oc2ccccc2)Oc2ccccc2)cc1. The summed E-state index contributed by atoms with van der Waals surface area (Å²) in [6.07, 6.45) is 4.42. The summed E-state index contributed by atoms with van der Waals surface area (Å²) in [5.74, 6) is 2.13. The molecular formula is C38H47CrNO6PZn-. The van der Waals surface area contributed by atoms with Crippen molar-refractivity contribution in [2.75, 3.05) is 13.1 Å². The van der Waals surface area contributed by atoms with Crippen LogP contribution >= 0.6 is 8.60 Å². The maximum Gasteiger partial charge on any atom is 0.530 e. The molecule has 4 rings (SSSR count). The summed E-state index contributed by atoms with van der Waals surface area (Å²) in [6, 6.07) is 38.7. The summed E-state index contributed by atoms with van der Waals surface area (Å²) in [7, 11) is -1.59. The maximum atomic E-state index is 10.5. The zero-order chi connectivity index (χ0) is 33.1. The molecule has 0 saturated heterocycles. The van der Waals surface area contributed by atoms with Gasteiger partial charge in [0.05, 0.1) is 6.10 Å². The van der Waals surface area contributed by atoms with Gasteiger partial charge >= 0.3 is 31.2 Å². The van der Waals surface area contributed by atoms with Crippen LogP contribution in [0.3, 0.4) is 0 Å². The fourth-order valence-electron chi connectivity index (χ4n) is 4.13. The molecule has 0 aliphatic rings. The van der Waals surface area contributed by atoms with Crippen LogP contribution in [0.25, 0.3) is 0 Å². The molecule has 0 aromatic heterocycles. The molecular weight excluding hydrogens is 715 g/mol. The van der Waals surface area contributed by atoms with Crippen molar-refractivity contribution in [3.63, 3.8) is 0 Å². The monoisotopic (exact) mass is 760 g/mol. The number of nitrogens with zero attached hydrogens (tertiary/aromatic N) is 1. The summed E-state index contributed by atoms with van der Waals surface area (Å²) in [5, 5.41) is 10.5. The van der Waals surface area contributed by atoms with Crippen LogP contribution in [-0.2, 0) is 46.1 Å². The van der Waals surface area contributed by atoms with Crippen molar-refractivity contribution < 1.29 is 64.8 Å². The Balaban J connectivity index is -0.000000730. The predicted octanol–water partition coefficient (Wildman–Crippen LogP) is 9.83. The molecule has 0 fully saturated rings. The van der Waals surface area contributed by atoms with Gasteiger partial charge in [-0.25, -0.2) is 0 Å². The van der Waals surface area contributed by atoms with E-state index >= 15 is 0 Å². The number of hydrogen-bond donors (Lipinski definition) is 1. The van der Waals surface area contributed by atoms with Gasteiger partial charge in [-0.15, -0.1) is 0 Å². The second-order valence-electron chi connectivity index (χ2n) is 9.78. The van der Waals surface area contributed by atoms with Gasteiger partial charge in [0.1, 0.15) is 17.2 Å². The third-order valence-electron chi connectivity index (χ3n) is 6.54. The second kappa shape index (κ2) is 32.8. The van der Waals surface area contributed by atoms with E-state index in [-0.39, 0.29) is 50.3 Å². The van der Waals surface area contributed by atoms with Gasteiger partial charge in [-0.2, -0.15) is 0 Å². The standard InChI is InChI=1S/C18H15O3P.C17H29NO.2CO.CH3.Cr.Zn/c1-4-10-16(11-5-1)19-22(20-17-12-6-2-7-13-17)21-18-14-8-3-9-15-18;1-4-6-13-18(14-7-5-2)15(3)17(19)16-11-9-8-10-12-16;2*1-2;;;/h1-15H;8-12,15,17,19H,4-7,13-14H2,1-3H3;;;1H3;;/q;;;;-1;;/t;15-,17-;;;;;/m.1...../s1. The minimum atomic E-state index is -1.59. The summed E-state index contributed by atoms with van der Waals surface area (Å²) in [6.45, 7) is 17.7. The number of hydrogen-bond acceptors (Lipinski definition) is 5. The molecule has 10 heteroatoms. The molecule has 4 aromatic rings. The molecule has 2 atom stereocenters. The Morgan fingerprint density at radius 1 is 0.625 bits per heavy atom. The molecule has 1 N–H and O–H groups in total. The van der Waals surface area contributed by atoms with Crippen molar-refractivity contribution in [2.45, 2.75) is 58.6 Å². The smallest absolute Gasteiger partial charge is 0.409 e. The topological polar surface area (TPSA) is 91.0 Å². The summed E-state index contributed by atoms with van der Waals surface area (Å²) in [5.41, 5.74) is 1.02. The zero-order valence-electron chi connectivity index (χ0n) is 28.4. The zero-order valence-corrected chi connectivity index (χ0v) is 33.6. The van der Waals surface area contributed by atoms with Gasteiger partial charge in [0, 0.05) is 42.9 Å². The van der Waals surface area contributed by atoms with Crippen LogP contribution in [0, 0.1) is 20.7 Å². The van der Waals surface area contributed by atoms with Crippen molar-refractivity contribution in [3.05, 3.63) is 148 Å². The molecule has 0 amide bonds. The molecule has 0 heterocycles. The Labute approximate surface area is 313 Å². The fraction of sp³-hybridized carbons (Fsp3) is 0.289. The van der Waals surface area contributed by atoms with Crippen molar-refractivity contribution in [3.8, 4) is 17.2 Å². The van der Waals surface area contributed by atoms with E-state index in [1.807, 2.05) is 121 Å². The van der Waals surface area contributed by atoms with E-state index in [0.29, 0.717) is 17.2 Å². The van der Waals surface area contributed by atoms with E-state index in [1.165, 1.54) is 25.7 Å². The normalized spacial score (nSPS) is 10.5. The van der Waals surface area contributed by atoms with E-state index in [1.54, 1.807) is 0 Å². The van der Waals surface area contributed by atoms with Crippen LogP contribution < -0.4 is 13.6 Å². The largest absolute Gasteiger partial charge is 0.530 e. The minimum absolute atomic E-state index is 0. The molecule has 0 unspecified atom stereocenters. The van der Waals surface area contributed by atoms with Crippen LogP contribution in [0.1, 0.15) is 58.1 Å². The van der Waals surface area contributed by atoms with E-state index in [9.17, 15) is 5.11 Å². The average Bonchev–Trinajstić information content (AvgIpc) is 3.11. The Morgan fingerprint density at radius 3 is 1.21 bits per heavy atom. The Hall–Kier alpha value is -2.73. The fourth-order valence-corrected chi connectivity index (χ4v) is 5.12. The van der Waals surface area contributed by atoms with E-state index in [2.05, 4.69) is 39.0 Å². The van der Waals surface area contributed by atoms with Gasteiger partial charge in [-0.3, -0.25) is 4.90 Å². The molecule has 48 heavy (non-hydrogen) atoms. The Kier molecular flexibility index (Phi) is 33.9. The summed E-state index contributed by atoms with van der Waals surface area (Å²) >= 11 is 0. The van der Waals surface area contributed by atoms with Gasteiger partial charge in [-0.1, -0.05) is 112 Å². The van der Waals surface area contributed by atoms with Crippen LogP contribution in [0.2, 0.25) is 0 Å². The van der Waals surface area contributed by atoms with E-state index < -0.39 is 14.7 Å². The van der Waals surface area contributed by atoms with E-state index in [0.717, 1.165) is 18.7 Å². The van der Waals surface area contributed by atoms with Crippen molar-refractivity contribution in [1.29, 1.82) is 0 Å². The molecule has 0 bridgehead atoms. The molecule has 0 spiro atoms. The van der Waals surface area contributed by atoms with Gasteiger partial charge in [-0.05, 0) is 74.8 Å². The molecule has 4 aromatic carbocycles. The molecule has 0 aliphatic carbocycles. The van der Waals surface area contributed by atoms with Crippen molar-refractivity contribution >= 4 is 8.60 Å². The summed E-state index contributed by atoms with van der Waals surface area (Å²) < 4.78 is 32.5. The van der Waals surface area contributed by atoms with Gasteiger partial charge in [0.25, 0.3) is 0 Å². The van der Waals surface area contributed by atoms with Gasteiger partial charge < -0.3 is 26.1 Å². The number of aliphatic hydroxyl groups is 1. The van der Waals surface area contributed by atoms with Gasteiger partial charge in [0.2, 0.25) is 0 Å². The maximum absolute atomic E-state index is 10.5. The first-order valence-corrected chi connectivity index (χ1v) is 16.1. The van der Waals surface area contributed by atoms with Crippen molar-refractivity contribution in [1.82, 2.24) is 4.90 Å². The number of unbranched alkanes of at least 4 members (excludes halogenated alkanes) is 2. The number of para-hydroxylation sites is 3. The first-order chi connectivity index (χ1) is 22.1. The molecule has 0 aliphatic heterocycles. The quantitative estimate of drug-likeness (QED) is 0.0564. The van der Waals surface area contributed by atoms with Crippen molar-refractivity contribution in [2.24, 2.45) is 0 Å². The minimum Gasteiger partial charge on any atom is -0.409 e. The number of rotatable bonds is 15. The summed E-state index contributed by atoms with van der Waals surface area (Å²) in [4.78, 5) is 2.44. The van der Waals surface area contributed by atoms with Crippen LogP contribution in [0.4, 0.5) is 0 Å². The average molecular weight is 762 g/mol. The Bertz CT molecular complexity index is 1180. The molecule has 7 nitrogen and oxygen atoms in total. The first kappa shape index (κ1) is 49.7. The van der Waals surface area contributed by atoms with E-state index in [4.69, 9.17) is 22.9 Å². The predicted molar refractivity (Wildman–Crippen MR) is 185 cm³/mol. The first-order valence-electron chi connectivity index (χ1n) is 15.0. The van der Waals surface area contributed by atoms with Crippen LogP contribution in [0.15, 0.2) is 121 Å². The molecule has 0 saturated carbocycles. The Morgan fingerprint density at radius 2 is 0.917 bits per heavy atom. The third-order valence-corrected chi connectivity index (χ3v) is 7.62. The number of benzene rings is 4. The van der Waals surface area contributed by atoms with Crippen LogP contribution in [-0.4, -0.2) is 29.1 Å². The van der Waals surface area contributed by atoms with Gasteiger partial charge in [0.15, 0.2) is 0 Å². The number of aliphatic hydroxyl groups excluding tert-OH is 1. The molecule has 254 valence electrons. The second-order valence-corrected chi connectivity index (χ2v) is 10.8.